The van der Waals surface area contributed by atoms with E-state index in [1.807, 2.05) is 13.8 Å². The van der Waals surface area contributed by atoms with Crippen LogP contribution >= 0.6 is 11.3 Å². The molecule has 2 rings (SSSR count). The van der Waals surface area contributed by atoms with Crippen molar-refractivity contribution >= 4 is 27.0 Å². The van der Waals surface area contributed by atoms with E-state index >= 15 is 0 Å². The molecule has 0 aliphatic heterocycles. The van der Waals surface area contributed by atoms with Crippen LogP contribution in [0.3, 0.4) is 0 Å². The minimum absolute atomic E-state index is 0.222. The molecule has 7 heteroatoms. The van der Waals surface area contributed by atoms with Crippen molar-refractivity contribution in [2.45, 2.75) is 38.6 Å². The number of hydrogen-bond acceptors (Lipinski definition) is 5. The number of rotatable bonds is 4. The Balaban J connectivity index is 2.35. The lowest BCUT2D eigenvalue weighted by molar-refractivity contribution is 0.565. The van der Waals surface area contributed by atoms with Gasteiger partial charge in [-0.05, 0) is 51.0 Å². The number of sulfonamides is 1. The number of nitrogens with one attached hydrogen (secondary N) is 1. The number of aromatic nitrogens is 1. The monoisotopic (exact) mass is 325 g/mol. The molecule has 0 saturated heterocycles. The summed E-state index contributed by atoms with van der Waals surface area (Å²) < 4.78 is 27.8. The predicted octanol–water partition coefficient (Wildman–Crippen LogP) is 2.69. The lowest BCUT2D eigenvalue weighted by Crippen LogP contribution is -2.27. The van der Waals surface area contributed by atoms with E-state index in [2.05, 4.69) is 9.71 Å². The van der Waals surface area contributed by atoms with Gasteiger partial charge >= 0.3 is 0 Å². The zero-order chi connectivity index (χ0) is 15.8. The first-order valence-electron chi connectivity index (χ1n) is 6.52. The zero-order valence-electron chi connectivity index (χ0n) is 12.5. The van der Waals surface area contributed by atoms with Gasteiger partial charge in [-0.3, -0.25) is 0 Å². The van der Waals surface area contributed by atoms with Crippen molar-refractivity contribution < 1.29 is 8.42 Å². The average molecular weight is 325 g/mol. The van der Waals surface area contributed by atoms with Crippen molar-refractivity contribution in [2.75, 3.05) is 5.73 Å². The van der Waals surface area contributed by atoms with Crippen LogP contribution in [0.25, 0.3) is 0 Å². The van der Waals surface area contributed by atoms with Crippen molar-refractivity contribution in [3.8, 4) is 0 Å². The summed E-state index contributed by atoms with van der Waals surface area (Å²) in [6.07, 6.45) is 1.74. The van der Waals surface area contributed by atoms with Gasteiger partial charge in [0.2, 0.25) is 10.0 Å². The first-order chi connectivity index (χ1) is 9.70. The van der Waals surface area contributed by atoms with Gasteiger partial charge in [0.15, 0.2) is 0 Å². The van der Waals surface area contributed by atoms with Gasteiger partial charge in [0.1, 0.15) is 5.01 Å². The van der Waals surface area contributed by atoms with Crippen LogP contribution in [0.2, 0.25) is 0 Å². The van der Waals surface area contributed by atoms with Crippen LogP contribution < -0.4 is 10.5 Å². The van der Waals surface area contributed by atoms with E-state index in [4.69, 9.17) is 5.73 Å². The number of anilines is 1. The van der Waals surface area contributed by atoms with Gasteiger partial charge in [0.05, 0.1) is 10.9 Å². The van der Waals surface area contributed by atoms with Crippen molar-refractivity contribution in [1.82, 2.24) is 9.71 Å². The fourth-order valence-electron chi connectivity index (χ4n) is 2.05. The summed E-state index contributed by atoms with van der Waals surface area (Å²) in [4.78, 5) is 5.49. The van der Waals surface area contributed by atoms with Crippen molar-refractivity contribution in [2.24, 2.45) is 0 Å². The van der Waals surface area contributed by atoms with Crippen LogP contribution in [-0.2, 0) is 10.0 Å². The van der Waals surface area contributed by atoms with E-state index in [-0.39, 0.29) is 10.9 Å². The zero-order valence-corrected chi connectivity index (χ0v) is 14.1. The molecule has 1 aromatic carbocycles. The normalized spacial score (nSPS) is 13.3. The maximum atomic E-state index is 12.6. The van der Waals surface area contributed by atoms with Gasteiger partial charge in [0, 0.05) is 16.8 Å². The lowest BCUT2D eigenvalue weighted by Gasteiger charge is -2.15. The fourth-order valence-corrected chi connectivity index (χ4v) is 4.47. The van der Waals surface area contributed by atoms with Crippen LogP contribution in [0, 0.1) is 20.8 Å². The van der Waals surface area contributed by atoms with Gasteiger partial charge < -0.3 is 5.73 Å². The van der Waals surface area contributed by atoms with Gasteiger partial charge in [-0.1, -0.05) is 0 Å². The molecule has 1 aromatic heterocycles. The third kappa shape index (κ3) is 3.42. The number of benzene rings is 1. The first-order valence-corrected chi connectivity index (χ1v) is 8.82. The Morgan fingerprint density at radius 1 is 1.29 bits per heavy atom. The van der Waals surface area contributed by atoms with Gasteiger partial charge in [0.25, 0.3) is 0 Å². The fraction of sp³-hybridized carbons (Fsp3) is 0.357. The number of thiazole rings is 1. The summed E-state index contributed by atoms with van der Waals surface area (Å²) >= 11 is 1.48. The van der Waals surface area contributed by atoms with E-state index in [1.165, 1.54) is 11.3 Å². The summed E-state index contributed by atoms with van der Waals surface area (Å²) in [6, 6.07) is 3.02. The average Bonchev–Trinajstić information content (AvgIpc) is 2.80. The Hall–Kier alpha value is -1.44. The summed E-state index contributed by atoms with van der Waals surface area (Å²) in [6.45, 7) is 7.25. The molecule has 1 heterocycles. The molecule has 0 fully saturated rings. The Labute approximate surface area is 129 Å². The van der Waals surface area contributed by atoms with Crippen LogP contribution in [0.1, 0.15) is 34.0 Å². The Bertz CT molecular complexity index is 767. The number of nitrogens with two attached hydrogens (primary N) is 1. The first kappa shape index (κ1) is 15.9. The van der Waals surface area contributed by atoms with Gasteiger partial charge in [-0.25, -0.2) is 18.1 Å². The molecule has 1 atom stereocenters. The second-order valence-electron chi connectivity index (χ2n) is 5.13. The number of hydrogen-bond donors (Lipinski definition) is 2. The number of nitrogen functional groups attached to an aromatic ring is 1. The summed E-state index contributed by atoms with van der Waals surface area (Å²) in [5, 5.41) is 0.745. The predicted molar refractivity (Wildman–Crippen MR) is 85.9 cm³/mol. The minimum atomic E-state index is -3.64. The largest absolute Gasteiger partial charge is 0.398 e. The van der Waals surface area contributed by atoms with E-state index in [1.54, 1.807) is 32.2 Å². The summed E-state index contributed by atoms with van der Waals surface area (Å²) in [5.74, 6) is 0. The molecule has 21 heavy (non-hydrogen) atoms. The summed E-state index contributed by atoms with van der Waals surface area (Å²) in [7, 11) is -3.64. The topological polar surface area (TPSA) is 85.1 Å². The van der Waals surface area contributed by atoms with E-state index < -0.39 is 10.0 Å². The molecule has 0 aliphatic rings. The third-order valence-electron chi connectivity index (χ3n) is 3.18. The summed E-state index contributed by atoms with van der Waals surface area (Å²) in [5.41, 5.74) is 7.72. The molecule has 0 bridgehead atoms. The van der Waals surface area contributed by atoms with Crippen molar-refractivity contribution in [1.29, 1.82) is 0 Å². The Morgan fingerprint density at radius 2 is 1.95 bits per heavy atom. The maximum Gasteiger partial charge on any atom is 0.241 e. The van der Waals surface area contributed by atoms with Gasteiger partial charge in [-0.2, -0.15) is 0 Å². The number of aryl methyl sites for hydroxylation is 2. The standard InChI is InChI=1S/C14H19N3O2S2/c1-8-5-12(15)10(3)13(6-8)21(18,19)17-11(4)14-16-7-9(2)20-14/h5-7,11,17H,15H2,1-4H3. The molecule has 0 saturated carbocycles. The van der Waals surface area contributed by atoms with Crippen molar-refractivity contribution in [3.05, 3.63) is 39.3 Å². The van der Waals surface area contributed by atoms with E-state index in [0.29, 0.717) is 11.3 Å². The molecule has 5 nitrogen and oxygen atoms in total. The maximum absolute atomic E-state index is 12.6. The molecule has 0 radical (unpaired) electrons. The van der Waals surface area contributed by atoms with E-state index in [9.17, 15) is 8.42 Å². The molecule has 114 valence electrons. The quantitative estimate of drug-likeness (QED) is 0.846. The molecule has 0 aliphatic carbocycles. The second-order valence-corrected chi connectivity index (χ2v) is 8.08. The van der Waals surface area contributed by atoms with Crippen molar-refractivity contribution in [3.63, 3.8) is 0 Å². The molecule has 2 aromatic rings. The third-order valence-corrected chi connectivity index (χ3v) is 5.94. The molecule has 3 N–H and O–H groups in total. The van der Waals surface area contributed by atoms with E-state index in [0.717, 1.165) is 15.4 Å². The highest BCUT2D eigenvalue weighted by Gasteiger charge is 2.23. The highest BCUT2D eigenvalue weighted by atomic mass is 32.2. The molecule has 0 spiro atoms. The van der Waals surface area contributed by atoms with Crippen LogP contribution in [0.5, 0.6) is 0 Å². The SMILES string of the molecule is Cc1cc(N)c(C)c(S(=O)(=O)NC(C)c2ncc(C)s2)c1. The van der Waals surface area contributed by atoms with Crippen LogP contribution in [0.15, 0.2) is 23.2 Å². The highest BCUT2D eigenvalue weighted by molar-refractivity contribution is 7.89. The molecular formula is C14H19N3O2S2. The molecule has 0 amide bonds. The van der Waals surface area contributed by atoms with Crippen LogP contribution in [-0.4, -0.2) is 13.4 Å². The smallest absolute Gasteiger partial charge is 0.241 e. The van der Waals surface area contributed by atoms with Gasteiger partial charge in [-0.15, -0.1) is 11.3 Å². The highest BCUT2D eigenvalue weighted by Crippen LogP contribution is 2.26. The van der Waals surface area contributed by atoms with Crippen LogP contribution in [0.4, 0.5) is 5.69 Å². The lowest BCUT2D eigenvalue weighted by atomic mass is 10.1. The Morgan fingerprint density at radius 3 is 2.52 bits per heavy atom. The minimum Gasteiger partial charge on any atom is -0.398 e. The second kappa shape index (κ2) is 5.75. The Kier molecular flexibility index (Phi) is 4.36. The molecular weight excluding hydrogens is 306 g/mol. The molecule has 1 unspecified atom stereocenters. The number of nitrogens with zero attached hydrogens (tertiary/aromatic N) is 1.